The van der Waals surface area contributed by atoms with Crippen molar-refractivity contribution in [1.82, 2.24) is 4.31 Å². The first kappa shape index (κ1) is 16.5. The lowest BCUT2D eigenvalue weighted by atomic mass is 10.1. The molecule has 0 saturated carbocycles. The van der Waals surface area contributed by atoms with E-state index < -0.39 is 21.9 Å². The van der Waals surface area contributed by atoms with Crippen LogP contribution in [0.25, 0.3) is 0 Å². The third-order valence-electron chi connectivity index (χ3n) is 3.03. The molecule has 20 heavy (non-hydrogen) atoms. The van der Waals surface area contributed by atoms with Gasteiger partial charge in [0, 0.05) is 33.4 Å². The largest absolute Gasteiger partial charge is 0.481 e. The molecule has 1 aromatic rings. The Bertz CT molecular complexity index is 567. The molecule has 0 aliphatic heterocycles. The zero-order valence-electron chi connectivity index (χ0n) is 12.1. The Hall–Kier alpha value is -1.60. The van der Waals surface area contributed by atoms with Gasteiger partial charge in [-0.2, -0.15) is 0 Å². The molecule has 1 N–H and O–H groups in total. The lowest BCUT2D eigenvalue weighted by molar-refractivity contribution is -0.140. The summed E-state index contributed by atoms with van der Waals surface area (Å²) in [5.41, 5.74) is 0.774. The van der Waals surface area contributed by atoms with E-state index in [1.54, 1.807) is 31.0 Å². The van der Waals surface area contributed by atoms with E-state index in [0.29, 0.717) is 6.54 Å². The van der Waals surface area contributed by atoms with Crippen molar-refractivity contribution < 1.29 is 18.3 Å². The number of nitrogens with zero attached hydrogens (tertiary/aromatic N) is 2. The SMILES string of the molecule is CC(CN(C)c1ccc(S(=O)(=O)N(C)C)cc1)C(=O)O. The topological polar surface area (TPSA) is 77.9 Å². The van der Waals surface area contributed by atoms with Gasteiger partial charge in [0.1, 0.15) is 0 Å². The molecule has 6 nitrogen and oxygen atoms in total. The molecular formula is C13H20N2O4S. The van der Waals surface area contributed by atoms with Crippen molar-refractivity contribution in [3.8, 4) is 0 Å². The molecule has 0 aromatic heterocycles. The van der Waals surface area contributed by atoms with Crippen LogP contribution in [0, 0.1) is 5.92 Å². The van der Waals surface area contributed by atoms with Crippen molar-refractivity contribution >= 4 is 21.7 Å². The first-order valence-electron chi connectivity index (χ1n) is 6.12. The molecule has 7 heteroatoms. The molecule has 0 saturated heterocycles. The van der Waals surface area contributed by atoms with Crippen molar-refractivity contribution in [1.29, 1.82) is 0 Å². The Kier molecular flexibility index (Phi) is 5.13. The molecule has 0 heterocycles. The van der Waals surface area contributed by atoms with Gasteiger partial charge in [-0.25, -0.2) is 12.7 Å². The highest BCUT2D eigenvalue weighted by Gasteiger charge is 2.18. The first-order valence-corrected chi connectivity index (χ1v) is 7.56. The van der Waals surface area contributed by atoms with Crippen LogP contribution < -0.4 is 4.90 Å². The molecule has 1 aromatic carbocycles. The quantitative estimate of drug-likeness (QED) is 0.851. The number of carboxylic acid groups (broad SMARTS) is 1. The number of benzene rings is 1. The lowest BCUT2D eigenvalue weighted by Crippen LogP contribution is -2.28. The molecular weight excluding hydrogens is 280 g/mol. The summed E-state index contributed by atoms with van der Waals surface area (Å²) in [7, 11) is 1.29. The number of sulfonamides is 1. The van der Waals surface area contributed by atoms with E-state index in [1.807, 2.05) is 0 Å². The Balaban J connectivity index is 2.89. The predicted molar refractivity (Wildman–Crippen MR) is 77.4 cm³/mol. The summed E-state index contributed by atoms with van der Waals surface area (Å²) in [5, 5.41) is 8.88. The van der Waals surface area contributed by atoms with Gasteiger partial charge in [-0.15, -0.1) is 0 Å². The molecule has 0 amide bonds. The summed E-state index contributed by atoms with van der Waals surface area (Å²) in [6.07, 6.45) is 0. The second kappa shape index (κ2) is 6.23. The highest BCUT2D eigenvalue weighted by atomic mass is 32.2. The molecule has 0 aliphatic carbocycles. The zero-order chi connectivity index (χ0) is 15.5. The van der Waals surface area contributed by atoms with Crippen LogP contribution in [0.5, 0.6) is 0 Å². The van der Waals surface area contributed by atoms with Crippen molar-refractivity contribution in [2.24, 2.45) is 5.92 Å². The first-order chi connectivity index (χ1) is 9.16. The summed E-state index contributed by atoms with van der Waals surface area (Å²) < 4.78 is 25.0. The van der Waals surface area contributed by atoms with Crippen molar-refractivity contribution in [3.63, 3.8) is 0 Å². The van der Waals surface area contributed by atoms with Gasteiger partial charge in [0.15, 0.2) is 0 Å². The number of aliphatic carboxylic acids is 1. The molecule has 1 atom stereocenters. The fourth-order valence-electron chi connectivity index (χ4n) is 1.68. The zero-order valence-corrected chi connectivity index (χ0v) is 12.9. The summed E-state index contributed by atoms with van der Waals surface area (Å²) >= 11 is 0. The lowest BCUT2D eigenvalue weighted by Gasteiger charge is -2.22. The third-order valence-corrected chi connectivity index (χ3v) is 4.85. The van der Waals surface area contributed by atoms with Gasteiger partial charge >= 0.3 is 5.97 Å². The molecule has 1 rings (SSSR count). The second-order valence-corrected chi connectivity index (χ2v) is 7.05. The highest BCUT2D eigenvalue weighted by Crippen LogP contribution is 2.19. The molecule has 0 radical (unpaired) electrons. The highest BCUT2D eigenvalue weighted by molar-refractivity contribution is 7.89. The van der Waals surface area contributed by atoms with Gasteiger partial charge < -0.3 is 10.0 Å². The van der Waals surface area contributed by atoms with E-state index in [0.717, 1.165) is 9.99 Å². The number of hydrogen-bond donors (Lipinski definition) is 1. The van der Waals surface area contributed by atoms with Crippen LogP contribution in [-0.4, -0.2) is 51.5 Å². The van der Waals surface area contributed by atoms with E-state index in [2.05, 4.69) is 0 Å². The van der Waals surface area contributed by atoms with Crippen molar-refractivity contribution in [2.75, 3.05) is 32.6 Å². The van der Waals surface area contributed by atoms with Crippen LogP contribution in [-0.2, 0) is 14.8 Å². The molecule has 0 fully saturated rings. The fraction of sp³-hybridized carbons (Fsp3) is 0.462. The van der Waals surface area contributed by atoms with Crippen molar-refractivity contribution in [2.45, 2.75) is 11.8 Å². The van der Waals surface area contributed by atoms with Gasteiger partial charge in [0.25, 0.3) is 0 Å². The number of hydrogen-bond acceptors (Lipinski definition) is 4. The standard InChI is InChI=1S/C13H20N2O4S/c1-10(13(16)17)9-15(4)11-5-7-12(8-6-11)20(18,19)14(2)3/h5-8,10H,9H2,1-4H3,(H,16,17). The maximum atomic E-state index is 11.9. The Morgan fingerprint density at radius 1 is 1.20 bits per heavy atom. The van der Waals surface area contributed by atoms with Crippen LogP contribution in [0.4, 0.5) is 5.69 Å². The minimum absolute atomic E-state index is 0.214. The maximum Gasteiger partial charge on any atom is 0.308 e. The Labute approximate surface area is 119 Å². The summed E-state index contributed by atoms with van der Waals surface area (Å²) in [4.78, 5) is 12.8. The molecule has 1 unspecified atom stereocenters. The second-order valence-electron chi connectivity index (χ2n) is 4.90. The van der Waals surface area contributed by atoms with E-state index in [4.69, 9.17) is 5.11 Å². The van der Waals surface area contributed by atoms with Gasteiger partial charge in [0.2, 0.25) is 10.0 Å². The number of rotatable bonds is 6. The van der Waals surface area contributed by atoms with Crippen LogP contribution in [0.2, 0.25) is 0 Å². The summed E-state index contributed by atoms with van der Waals surface area (Å²) in [6, 6.07) is 6.38. The Morgan fingerprint density at radius 3 is 2.10 bits per heavy atom. The third kappa shape index (κ3) is 3.71. The average molecular weight is 300 g/mol. The predicted octanol–water partition coefficient (Wildman–Crippen LogP) is 1.09. The minimum Gasteiger partial charge on any atom is -0.481 e. The van der Waals surface area contributed by atoms with E-state index in [-0.39, 0.29) is 4.90 Å². The van der Waals surface area contributed by atoms with E-state index >= 15 is 0 Å². The monoisotopic (exact) mass is 300 g/mol. The molecule has 0 spiro atoms. The molecule has 112 valence electrons. The normalized spacial score (nSPS) is 13.2. The van der Waals surface area contributed by atoms with Gasteiger partial charge in [0.05, 0.1) is 10.8 Å². The summed E-state index contributed by atoms with van der Waals surface area (Å²) in [6.45, 7) is 1.98. The molecule has 0 bridgehead atoms. The number of carbonyl (C=O) groups is 1. The number of carboxylic acids is 1. The van der Waals surface area contributed by atoms with Crippen LogP contribution >= 0.6 is 0 Å². The fourth-order valence-corrected chi connectivity index (χ4v) is 2.58. The summed E-state index contributed by atoms with van der Waals surface area (Å²) in [5.74, 6) is -1.35. The van der Waals surface area contributed by atoms with Crippen LogP contribution in [0.1, 0.15) is 6.92 Å². The van der Waals surface area contributed by atoms with Gasteiger partial charge in [-0.05, 0) is 24.3 Å². The van der Waals surface area contributed by atoms with Crippen molar-refractivity contribution in [3.05, 3.63) is 24.3 Å². The molecule has 0 aliphatic rings. The Morgan fingerprint density at radius 2 is 1.70 bits per heavy atom. The number of anilines is 1. The van der Waals surface area contributed by atoms with Gasteiger partial charge in [-0.1, -0.05) is 6.92 Å². The van der Waals surface area contributed by atoms with Gasteiger partial charge in [-0.3, -0.25) is 4.79 Å². The minimum atomic E-state index is -3.44. The van der Waals surface area contributed by atoms with Crippen LogP contribution in [0.15, 0.2) is 29.2 Å². The maximum absolute atomic E-state index is 11.9. The average Bonchev–Trinajstić information content (AvgIpc) is 2.38. The van der Waals surface area contributed by atoms with Crippen LogP contribution in [0.3, 0.4) is 0 Å². The van der Waals surface area contributed by atoms with E-state index in [9.17, 15) is 13.2 Å². The van der Waals surface area contributed by atoms with E-state index in [1.165, 1.54) is 26.2 Å². The smallest absolute Gasteiger partial charge is 0.308 e.